The zero-order valence-electron chi connectivity index (χ0n) is 60.3. The van der Waals surface area contributed by atoms with Gasteiger partial charge in [0.15, 0.2) is 43.5 Å². The largest absolute Gasteiger partial charge is 0.463 e. The van der Waals surface area contributed by atoms with Crippen molar-refractivity contribution in [1.82, 2.24) is 0 Å². The molecule has 0 aromatic carbocycles. The third kappa shape index (κ3) is 16.1. The molecule has 2 bridgehead atoms. The van der Waals surface area contributed by atoms with Crippen molar-refractivity contribution in [3.05, 3.63) is 12.2 Å². The van der Waals surface area contributed by atoms with Gasteiger partial charge in [0, 0.05) is 72.1 Å². The molecule has 9 fully saturated rings. The Labute approximate surface area is 571 Å². The van der Waals surface area contributed by atoms with E-state index in [0.29, 0.717) is 51.6 Å². The molecular formula is C72H110O25. The van der Waals surface area contributed by atoms with Gasteiger partial charge in [-0.05, 0) is 116 Å². The van der Waals surface area contributed by atoms with Gasteiger partial charge in [-0.15, -0.1) is 0 Å². The van der Waals surface area contributed by atoms with Crippen molar-refractivity contribution in [3.8, 4) is 0 Å². The van der Waals surface area contributed by atoms with Crippen molar-refractivity contribution in [2.75, 3.05) is 33.0 Å². The third-order valence-electron chi connectivity index (χ3n) is 24.5. The van der Waals surface area contributed by atoms with Crippen LogP contribution in [0.1, 0.15) is 182 Å². The van der Waals surface area contributed by atoms with Crippen molar-refractivity contribution < 1.29 is 119 Å². The monoisotopic (exact) mass is 1370 g/mol. The molecule has 25 heteroatoms. The lowest BCUT2D eigenvalue weighted by atomic mass is 9.41. The lowest BCUT2D eigenvalue weighted by Gasteiger charge is -2.64. The van der Waals surface area contributed by atoms with Crippen LogP contribution in [0.25, 0.3) is 0 Å². The number of fused-ring (bicyclic) bond motifs is 3. The molecule has 30 atom stereocenters. The van der Waals surface area contributed by atoms with E-state index in [1.54, 1.807) is 0 Å². The Balaban J connectivity index is 1.04. The molecule has 9 rings (SSSR count). The molecule has 0 aromatic rings. The highest BCUT2D eigenvalue weighted by Gasteiger charge is 2.70. The predicted molar refractivity (Wildman–Crippen MR) is 341 cm³/mol. The third-order valence-corrected chi connectivity index (χ3v) is 24.5. The maximum absolute atomic E-state index is 15.6. The fourth-order valence-corrected chi connectivity index (χ4v) is 18.2. The zero-order valence-corrected chi connectivity index (χ0v) is 60.3. The van der Waals surface area contributed by atoms with E-state index >= 15 is 4.79 Å². The SMILES string of the molecule is C=C1C[C@@]23CCC4[C@](C)(C(=O)O[C@@H]5OC(COC(C)=O)[C@@H](C)[C@H](C)C5O[C@@H]5OC[C@@H](C)[C@H](C)C5OC(C)=O)CCC[C@@]4(C)[C@@H]2CCC1(O[C@@H]1OC(COC(C)=O)[C@@H](C)[C@H](O[C@@H]2OC(COC(C)=O)[C@@H](C)[C@H](C)C2OC(C)=O)C1O[C@@H]1OC(COC(C)=O)[C@@H](C)[C@H](C)C1OC(C)=O)C3. The molecule has 4 saturated carbocycles. The van der Waals surface area contributed by atoms with Crippen LogP contribution < -0.4 is 0 Å². The Morgan fingerprint density at radius 3 is 1.34 bits per heavy atom. The summed E-state index contributed by atoms with van der Waals surface area (Å²) >= 11 is 0. The average molecular weight is 1380 g/mol. The fourth-order valence-electron chi connectivity index (χ4n) is 18.2. The van der Waals surface area contributed by atoms with Gasteiger partial charge >= 0.3 is 47.8 Å². The number of ether oxygens (including phenoxy) is 17. The van der Waals surface area contributed by atoms with Crippen LogP contribution in [0.2, 0.25) is 0 Å². The van der Waals surface area contributed by atoms with Crippen LogP contribution in [0.5, 0.6) is 0 Å². The Morgan fingerprint density at radius 1 is 0.433 bits per heavy atom. The second-order valence-electron chi connectivity index (χ2n) is 30.8. The van der Waals surface area contributed by atoms with Crippen molar-refractivity contribution in [2.45, 2.75) is 281 Å². The topological polar surface area (TPSA) is 293 Å². The molecule has 5 heterocycles. The second kappa shape index (κ2) is 30.8. The van der Waals surface area contributed by atoms with E-state index in [0.717, 1.165) is 18.4 Å². The molecule has 97 heavy (non-hydrogen) atoms. The summed E-state index contributed by atoms with van der Waals surface area (Å²) in [6.07, 6.45) is -9.52. The number of carbonyl (C=O) groups excluding carboxylic acids is 8. The maximum Gasteiger partial charge on any atom is 0.314 e. The van der Waals surface area contributed by atoms with E-state index in [9.17, 15) is 33.6 Å². The van der Waals surface area contributed by atoms with Gasteiger partial charge in [0.2, 0.25) is 6.29 Å². The summed E-state index contributed by atoms with van der Waals surface area (Å²) in [5.41, 5.74) is -1.93. The summed E-state index contributed by atoms with van der Waals surface area (Å²) in [6.45, 7) is 35.5. The normalized spacial score (nSPS) is 44.8. The molecule has 4 aliphatic carbocycles. The minimum absolute atomic E-state index is 0.0613. The van der Waals surface area contributed by atoms with Gasteiger partial charge in [-0.1, -0.05) is 82.2 Å². The molecule has 0 radical (unpaired) electrons. The first-order chi connectivity index (χ1) is 45.5. The Kier molecular flexibility index (Phi) is 24.2. The summed E-state index contributed by atoms with van der Waals surface area (Å²) in [5.74, 6) is -7.00. The second-order valence-corrected chi connectivity index (χ2v) is 30.8. The van der Waals surface area contributed by atoms with Crippen LogP contribution >= 0.6 is 0 Å². The summed E-state index contributed by atoms with van der Waals surface area (Å²) in [6, 6.07) is 0. The van der Waals surface area contributed by atoms with Crippen molar-refractivity contribution in [1.29, 1.82) is 0 Å². The molecule has 0 amide bonds. The molecular weight excluding hydrogens is 1260 g/mol. The van der Waals surface area contributed by atoms with Gasteiger partial charge in [0.25, 0.3) is 0 Å². The summed E-state index contributed by atoms with van der Waals surface area (Å²) in [4.78, 5) is 104. The quantitative estimate of drug-likeness (QED) is 0.0448. The van der Waals surface area contributed by atoms with Crippen LogP contribution in [0.4, 0.5) is 0 Å². The molecule has 5 aliphatic heterocycles. The van der Waals surface area contributed by atoms with E-state index in [1.807, 2.05) is 69.2 Å². The van der Waals surface area contributed by atoms with Crippen LogP contribution in [0.3, 0.4) is 0 Å². The summed E-state index contributed by atoms with van der Waals surface area (Å²) in [5, 5.41) is 0. The van der Waals surface area contributed by atoms with Gasteiger partial charge in [0.05, 0.1) is 42.0 Å². The van der Waals surface area contributed by atoms with Gasteiger partial charge in [-0.25, -0.2) is 0 Å². The highest BCUT2D eigenvalue weighted by atomic mass is 16.8. The number of hydrogen-bond acceptors (Lipinski definition) is 25. The lowest BCUT2D eigenvalue weighted by Crippen LogP contribution is -2.65. The molecule has 0 N–H and O–H groups in total. The van der Waals surface area contributed by atoms with Crippen molar-refractivity contribution in [3.63, 3.8) is 0 Å². The van der Waals surface area contributed by atoms with E-state index in [4.69, 9.17) is 87.1 Å². The van der Waals surface area contributed by atoms with E-state index in [1.165, 1.54) is 48.5 Å². The van der Waals surface area contributed by atoms with E-state index in [-0.39, 0.29) is 84.6 Å². The molecule has 25 nitrogen and oxygen atoms in total. The first-order valence-electron chi connectivity index (χ1n) is 35.4. The van der Waals surface area contributed by atoms with Gasteiger partial charge in [0.1, 0.15) is 44.7 Å². The lowest BCUT2D eigenvalue weighted by molar-refractivity contribution is -0.389. The van der Waals surface area contributed by atoms with Crippen LogP contribution in [-0.4, -0.2) is 179 Å². The smallest absolute Gasteiger partial charge is 0.314 e. The fraction of sp³-hybridized carbons (Fsp3) is 0.861. The van der Waals surface area contributed by atoms with E-state index in [2.05, 4.69) is 6.92 Å². The minimum atomic E-state index is -1.37. The first-order valence-corrected chi connectivity index (χ1v) is 35.4. The van der Waals surface area contributed by atoms with Gasteiger partial charge in [-0.3, -0.25) is 38.4 Å². The Bertz CT molecular complexity index is 2860. The molecule has 0 aromatic heterocycles. The molecule has 9 aliphatic rings. The minimum Gasteiger partial charge on any atom is -0.463 e. The molecule has 548 valence electrons. The average Bonchev–Trinajstić information content (AvgIpc) is 1.62. The van der Waals surface area contributed by atoms with Gasteiger partial charge in [-0.2, -0.15) is 0 Å². The first kappa shape index (κ1) is 76.3. The van der Waals surface area contributed by atoms with Crippen LogP contribution in [0.15, 0.2) is 12.2 Å². The standard InChI is InChI=1S/C72H110O25/c1-34-28-85-63(58(36(34)3)86-48(15)77)94-61-42(9)39(6)53(31-83-46(13)75)91-66(61)96-68(80)70(19)24-20-23-69(18)55(70)21-25-71-27-35(2)72(33-71,26-22-56(69)71)97-67-62(95-65-60(88-50(17)79)41(8)38(5)52(90-65)30-82-45(12)74)57(43(10)54(92-67)32-84-47(14)76)93-64-59(87-49(16)78)40(7)37(4)51(89-64)29-81-44(11)73/h34,36-43,51-67H,2,20-33H2,1,3-19H3/t34-,36+,37+,38+,39+,40+,41+,42+,43-,51?,52?,53?,54?,55?,56+,57+,58?,59?,60?,61?,62?,63+,64+,65+,66+,67+,69-,70-,71-,72?/m1/s1. The van der Waals surface area contributed by atoms with Crippen LogP contribution in [-0.2, 0) is 119 Å². The van der Waals surface area contributed by atoms with E-state index < -0.39 is 169 Å². The molecule has 1 spiro atoms. The Morgan fingerprint density at radius 2 is 0.856 bits per heavy atom. The maximum atomic E-state index is 15.6. The molecule has 11 unspecified atom stereocenters. The van der Waals surface area contributed by atoms with Crippen molar-refractivity contribution in [2.24, 2.45) is 81.3 Å². The number of carbonyl (C=O) groups is 8. The predicted octanol–water partition coefficient (Wildman–Crippen LogP) is 8.82. The highest BCUT2D eigenvalue weighted by molar-refractivity contribution is 5.77. The number of hydrogen-bond donors (Lipinski definition) is 0. The number of rotatable bonds is 21. The Hall–Kier alpha value is -4.86. The van der Waals surface area contributed by atoms with Crippen molar-refractivity contribution >= 4 is 47.8 Å². The summed E-state index contributed by atoms with van der Waals surface area (Å²) in [7, 11) is 0. The summed E-state index contributed by atoms with van der Waals surface area (Å²) < 4.78 is 109. The van der Waals surface area contributed by atoms with Gasteiger partial charge < -0.3 is 80.5 Å². The van der Waals surface area contributed by atoms with Crippen LogP contribution in [0, 0.1) is 81.3 Å². The highest BCUT2D eigenvalue weighted by Crippen LogP contribution is 2.74. The zero-order chi connectivity index (χ0) is 71.1. The molecule has 5 saturated heterocycles. The number of esters is 8.